The van der Waals surface area contributed by atoms with Gasteiger partial charge in [-0.05, 0) is 92.5 Å². The second kappa shape index (κ2) is 20.8. The van der Waals surface area contributed by atoms with Crippen LogP contribution in [0.15, 0.2) is 86.2 Å². The van der Waals surface area contributed by atoms with Gasteiger partial charge in [0.2, 0.25) is 0 Å². The molecular formula is C35H44N2O6. The van der Waals surface area contributed by atoms with Gasteiger partial charge < -0.3 is 14.2 Å². The summed E-state index contributed by atoms with van der Waals surface area (Å²) in [6.07, 6.45) is 15.3. The first kappa shape index (κ1) is 33.5. The topological polar surface area (TPSA) is 89.0 Å². The molecule has 8 nitrogen and oxygen atoms in total. The van der Waals surface area contributed by atoms with E-state index >= 15 is 0 Å². The summed E-state index contributed by atoms with van der Waals surface area (Å²) in [6, 6.07) is 16.1. The zero-order valence-corrected chi connectivity index (χ0v) is 25.1. The largest absolute Gasteiger partial charge is 0.494 e. The van der Waals surface area contributed by atoms with Crippen molar-refractivity contribution < 1.29 is 28.8 Å². The molecule has 1 aromatic heterocycles. The number of hydrogen-bond donors (Lipinski definition) is 0. The molecule has 0 fully saturated rings. The Balaban J connectivity index is 1.29. The molecule has 2 aromatic carbocycles. The van der Waals surface area contributed by atoms with Gasteiger partial charge >= 0.3 is 5.97 Å². The molecule has 0 unspecified atom stereocenters. The maximum absolute atomic E-state index is 11.0. The van der Waals surface area contributed by atoms with Crippen molar-refractivity contribution in [1.29, 1.82) is 0 Å². The van der Waals surface area contributed by atoms with Gasteiger partial charge in [-0.1, -0.05) is 31.2 Å². The Morgan fingerprint density at radius 2 is 1.21 bits per heavy atom. The maximum atomic E-state index is 11.0. The van der Waals surface area contributed by atoms with Crippen molar-refractivity contribution in [3.63, 3.8) is 0 Å². The fourth-order valence-corrected chi connectivity index (χ4v) is 4.18. The Morgan fingerprint density at radius 1 is 0.651 bits per heavy atom. The van der Waals surface area contributed by atoms with E-state index in [4.69, 9.17) is 24.0 Å². The van der Waals surface area contributed by atoms with E-state index in [0.29, 0.717) is 38.9 Å². The lowest BCUT2D eigenvalue weighted by Gasteiger charge is -2.08. The first-order chi connectivity index (χ1) is 21.2. The molecule has 0 aliphatic heterocycles. The van der Waals surface area contributed by atoms with Gasteiger partial charge in [-0.2, -0.15) is 0 Å². The standard InChI is InChI=1S/C35H44N2O6/c1-3-21-42-43-25-12-8-7-10-23-40-33-19-15-31(16-20-33)35-36-27-30(28-37-35)26-29-13-17-32(18-14-29)39-22-9-5-6-11-24-41-34(38)4-2/h3-4,13-20,27-28H,1-2,5-12,21-26H2. The number of benzene rings is 2. The molecule has 3 rings (SSSR count). The average molecular weight is 589 g/mol. The fourth-order valence-electron chi connectivity index (χ4n) is 4.18. The molecule has 8 heteroatoms. The van der Waals surface area contributed by atoms with Crippen LogP contribution in [-0.4, -0.2) is 49.0 Å². The van der Waals surface area contributed by atoms with E-state index in [1.807, 2.05) is 48.8 Å². The third-order valence-electron chi connectivity index (χ3n) is 6.53. The van der Waals surface area contributed by atoms with Gasteiger partial charge in [-0.15, -0.1) is 6.58 Å². The van der Waals surface area contributed by atoms with Crippen LogP contribution in [0, 0.1) is 0 Å². The van der Waals surface area contributed by atoms with Crippen LogP contribution in [0.25, 0.3) is 11.4 Å². The summed E-state index contributed by atoms with van der Waals surface area (Å²) in [5, 5.41) is 0. The lowest BCUT2D eigenvalue weighted by Crippen LogP contribution is -2.02. The lowest BCUT2D eigenvalue weighted by atomic mass is 10.1. The predicted octanol–water partition coefficient (Wildman–Crippen LogP) is 7.48. The number of aromatic nitrogens is 2. The van der Waals surface area contributed by atoms with Gasteiger partial charge in [0, 0.05) is 30.5 Å². The Bertz CT molecular complexity index is 1200. The normalized spacial score (nSPS) is 10.7. The van der Waals surface area contributed by atoms with Gasteiger partial charge in [0.05, 0.1) is 26.4 Å². The monoisotopic (exact) mass is 588 g/mol. The Hall–Kier alpha value is -4.01. The molecule has 0 saturated heterocycles. The second-order valence-electron chi connectivity index (χ2n) is 10.1. The van der Waals surface area contributed by atoms with E-state index in [-0.39, 0.29) is 5.97 Å². The highest BCUT2D eigenvalue weighted by molar-refractivity contribution is 5.81. The number of nitrogens with zero attached hydrogens (tertiary/aromatic N) is 2. The highest BCUT2D eigenvalue weighted by atomic mass is 17.2. The summed E-state index contributed by atoms with van der Waals surface area (Å²) in [5.74, 6) is 2.03. The Morgan fingerprint density at radius 3 is 1.79 bits per heavy atom. The van der Waals surface area contributed by atoms with E-state index in [9.17, 15) is 4.79 Å². The molecule has 0 radical (unpaired) electrons. The smallest absolute Gasteiger partial charge is 0.330 e. The van der Waals surface area contributed by atoms with Crippen LogP contribution in [0.3, 0.4) is 0 Å². The molecule has 43 heavy (non-hydrogen) atoms. The molecule has 1 heterocycles. The summed E-state index contributed by atoms with van der Waals surface area (Å²) in [7, 11) is 0. The zero-order valence-electron chi connectivity index (χ0n) is 25.1. The highest BCUT2D eigenvalue weighted by Crippen LogP contribution is 2.21. The fraction of sp³-hybridized carbons (Fsp3) is 0.400. The van der Waals surface area contributed by atoms with E-state index in [1.54, 1.807) is 6.08 Å². The van der Waals surface area contributed by atoms with E-state index < -0.39 is 0 Å². The average Bonchev–Trinajstić information content (AvgIpc) is 3.04. The molecule has 0 saturated carbocycles. The summed E-state index contributed by atoms with van der Waals surface area (Å²) in [5.41, 5.74) is 3.17. The summed E-state index contributed by atoms with van der Waals surface area (Å²) in [4.78, 5) is 30.1. The van der Waals surface area contributed by atoms with Gasteiger partial charge in [-0.25, -0.2) is 24.5 Å². The second-order valence-corrected chi connectivity index (χ2v) is 10.1. The van der Waals surface area contributed by atoms with Crippen molar-refractivity contribution in [2.45, 2.75) is 57.8 Å². The molecular weight excluding hydrogens is 544 g/mol. The molecule has 0 atom stereocenters. The van der Waals surface area contributed by atoms with Crippen molar-refractivity contribution in [1.82, 2.24) is 9.97 Å². The van der Waals surface area contributed by atoms with Crippen LogP contribution in [-0.2, 0) is 25.7 Å². The van der Waals surface area contributed by atoms with E-state index in [1.165, 1.54) is 11.6 Å². The van der Waals surface area contributed by atoms with Crippen molar-refractivity contribution >= 4 is 5.97 Å². The SMILES string of the molecule is C=CCOOCCCCCCOc1ccc(-c2ncc(Cc3ccc(OCCCCCCOC(=O)C=C)cc3)cn2)cc1. The van der Waals surface area contributed by atoms with E-state index in [2.05, 4.69) is 35.3 Å². The maximum Gasteiger partial charge on any atom is 0.330 e. The van der Waals surface area contributed by atoms with Gasteiger partial charge in [0.15, 0.2) is 5.82 Å². The van der Waals surface area contributed by atoms with Gasteiger partial charge in [0.25, 0.3) is 0 Å². The molecule has 0 aliphatic carbocycles. The van der Waals surface area contributed by atoms with Gasteiger partial charge in [-0.3, -0.25) is 0 Å². The van der Waals surface area contributed by atoms with E-state index in [0.717, 1.165) is 80.4 Å². The third kappa shape index (κ3) is 14.1. The number of ether oxygens (including phenoxy) is 3. The first-order valence-electron chi connectivity index (χ1n) is 15.1. The number of carbonyl (C=O) groups excluding carboxylic acids is 1. The lowest BCUT2D eigenvalue weighted by molar-refractivity contribution is -0.286. The highest BCUT2D eigenvalue weighted by Gasteiger charge is 2.05. The van der Waals surface area contributed by atoms with Crippen molar-refractivity contribution in [2.75, 3.05) is 33.0 Å². The third-order valence-corrected chi connectivity index (χ3v) is 6.53. The Kier molecular flexibility index (Phi) is 16.2. The zero-order chi connectivity index (χ0) is 30.4. The minimum absolute atomic E-state index is 0.364. The molecule has 0 N–H and O–H groups in total. The minimum Gasteiger partial charge on any atom is -0.494 e. The Labute approximate surface area is 255 Å². The van der Waals surface area contributed by atoms with Crippen LogP contribution < -0.4 is 9.47 Å². The van der Waals surface area contributed by atoms with Crippen molar-refractivity contribution in [3.05, 3.63) is 97.4 Å². The van der Waals surface area contributed by atoms with Crippen LogP contribution in [0.4, 0.5) is 0 Å². The quantitative estimate of drug-likeness (QED) is 0.0281. The minimum atomic E-state index is -0.364. The number of rotatable bonds is 23. The first-order valence-corrected chi connectivity index (χ1v) is 15.1. The molecule has 0 bridgehead atoms. The van der Waals surface area contributed by atoms with Crippen molar-refractivity contribution in [3.8, 4) is 22.9 Å². The number of hydrogen-bond acceptors (Lipinski definition) is 8. The summed E-state index contributed by atoms with van der Waals surface area (Å²) >= 11 is 0. The summed E-state index contributed by atoms with van der Waals surface area (Å²) in [6.45, 7) is 9.77. The molecule has 0 spiro atoms. The van der Waals surface area contributed by atoms with Crippen LogP contribution in [0.2, 0.25) is 0 Å². The molecule has 0 aliphatic rings. The van der Waals surface area contributed by atoms with Gasteiger partial charge in [0.1, 0.15) is 18.1 Å². The number of unbranched alkanes of at least 4 members (excludes halogenated alkanes) is 6. The van der Waals surface area contributed by atoms with Crippen LogP contribution in [0.1, 0.15) is 62.5 Å². The van der Waals surface area contributed by atoms with Crippen LogP contribution in [0.5, 0.6) is 11.5 Å². The molecule has 230 valence electrons. The summed E-state index contributed by atoms with van der Waals surface area (Å²) < 4.78 is 16.7. The number of esters is 1. The van der Waals surface area contributed by atoms with Crippen LogP contribution >= 0.6 is 0 Å². The number of carbonyl (C=O) groups is 1. The molecule has 3 aromatic rings. The predicted molar refractivity (Wildman–Crippen MR) is 168 cm³/mol. The van der Waals surface area contributed by atoms with Crippen molar-refractivity contribution in [2.24, 2.45) is 0 Å². The molecule has 0 amide bonds.